The van der Waals surface area contributed by atoms with Gasteiger partial charge in [0.25, 0.3) is 0 Å². The second-order valence-electron chi connectivity index (χ2n) is 6.34. The van der Waals surface area contributed by atoms with E-state index in [0.717, 1.165) is 18.0 Å². The molecule has 0 aliphatic heterocycles. The molecule has 0 aliphatic carbocycles. The second kappa shape index (κ2) is 10.5. The van der Waals surface area contributed by atoms with Crippen molar-refractivity contribution in [1.82, 2.24) is 9.97 Å². The van der Waals surface area contributed by atoms with E-state index in [9.17, 15) is 20.2 Å². The maximum atomic E-state index is 10.9. The summed E-state index contributed by atoms with van der Waals surface area (Å²) in [6, 6.07) is 11.1. The van der Waals surface area contributed by atoms with E-state index in [1.807, 2.05) is 31.2 Å². The zero-order valence-corrected chi connectivity index (χ0v) is 21.5. The maximum absolute atomic E-state index is 10.9. The summed E-state index contributed by atoms with van der Waals surface area (Å²) in [6.07, 6.45) is 2.48. The molecule has 0 saturated carbocycles. The largest absolute Gasteiger partial charge is 0.379 e. The Kier molecular flexibility index (Phi) is 7.95. The SMILES string of the molecule is CCNc1c([N+](=O)[O-])cnc2ccc(I)cc12.O=[N+]([O-])c1cnc2ccc(I)cc2c1Cl. The minimum Gasteiger partial charge on any atom is -0.379 e. The number of nitro groups is 2. The van der Waals surface area contributed by atoms with Crippen LogP contribution < -0.4 is 5.32 Å². The van der Waals surface area contributed by atoms with Crippen LogP contribution in [0.3, 0.4) is 0 Å². The molecule has 0 amide bonds. The molecule has 2 aromatic heterocycles. The number of hydrogen-bond donors (Lipinski definition) is 1. The average molecular weight is 678 g/mol. The van der Waals surface area contributed by atoms with Crippen molar-refractivity contribution >= 4 is 95.7 Å². The fourth-order valence-electron chi connectivity index (χ4n) is 2.90. The molecular formula is C20H14ClI2N5O4. The first kappa shape index (κ1) is 24.3. The lowest BCUT2D eigenvalue weighted by Gasteiger charge is -2.08. The van der Waals surface area contributed by atoms with Gasteiger partial charge in [0.1, 0.15) is 23.1 Å². The normalized spacial score (nSPS) is 10.5. The van der Waals surface area contributed by atoms with Crippen molar-refractivity contribution in [2.24, 2.45) is 0 Å². The molecule has 4 rings (SSSR count). The zero-order valence-electron chi connectivity index (χ0n) is 16.4. The Bertz CT molecular complexity index is 1350. The Balaban J connectivity index is 0.000000182. The van der Waals surface area contributed by atoms with E-state index < -0.39 is 9.85 Å². The van der Waals surface area contributed by atoms with Crippen LogP contribution in [0.25, 0.3) is 21.8 Å². The van der Waals surface area contributed by atoms with E-state index in [2.05, 4.69) is 60.5 Å². The third-order valence-electron chi connectivity index (χ3n) is 4.30. The molecule has 4 aromatic rings. The first-order valence-electron chi connectivity index (χ1n) is 9.07. The Labute approximate surface area is 214 Å². The van der Waals surface area contributed by atoms with Gasteiger partial charge in [-0.15, -0.1) is 0 Å². The van der Waals surface area contributed by atoms with Crippen LogP contribution in [0.5, 0.6) is 0 Å². The van der Waals surface area contributed by atoms with E-state index >= 15 is 0 Å². The number of hydrogen-bond acceptors (Lipinski definition) is 7. The molecule has 12 heteroatoms. The summed E-state index contributed by atoms with van der Waals surface area (Å²) >= 11 is 10.2. The fraction of sp³-hybridized carbons (Fsp3) is 0.100. The molecule has 0 aliphatic rings. The predicted molar refractivity (Wildman–Crippen MR) is 141 cm³/mol. The smallest absolute Gasteiger partial charge is 0.311 e. The number of fused-ring (bicyclic) bond motifs is 2. The highest BCUT2D eigenvalue weighted by Crippen LogP contribution is 2.33. The first-order valence-corrected chi connectivity index (χ1v) is 11.6. The molecule has 0 atom stereocenters. The Morgan fingerprint density at radius 3 is 1.94 bits per heavy atom. The molecule has 1 N–H and O–H groups in total. The lowest BCUT2D eigenvalue weighted by atomic mass is 10.1. The van der Waals surface area contributed by atoms with Gasteiger partial charge in [-0.05, 0) is 88.5 Å². The van der Waals surface area contributed by atoms with Gasteiger partial charge >= 0.3 is 11.4 Å². The van der Waals surface area contributed by atoms with Crippen LogP contribution in [0, 0.1) is 27.4 Å². The lowest BCUT2D eigenvalue weighted by Crippen LogP contribution is -2.03. The minimum absolute atomic E-state index is 0.0151. The standard InChI is InChI=1S/C11H10IN3O2.C9H4ClIN2O2/c1-2-13-11-8-5-7(12)3-4-9(8)14-6-10(11)15(16)17;10-9-6-3-5(11)1-2-7(6)12-4-8(9)13(14)15/h3-6H,2H2,1H3,(H,13,14);1-4H. The zero-order chi connectivity index (χ0) is 23.4. The summed E-state index contributed by atoms with van der Waals surface area (Å²) in [7, 11) is 0. The van der Waals surface area contributed by atoms with Gasteiger partial charge in [0, 0.05) is 24.5 Å². The van der Waals surface area contributed by atoms with Crippen molar-refractivity contribution in [3.63, 3.8) is 0 Å². The van der Waals surface area contributed by atoms with Gasteiger partial charge in [0.2, 0.25) is 0 Å². The van der Waals surface area contributed by atoms with E-state index in [1.165, 1.54) is 12.4 Å². The molecular weight excluding hydrogens is 664 g/mol. The average Bonchev–Trinajstić information content (AvgIpc) is 2.75. The minimum atomic E-state index is -0.533. The molecule has 0 radical (unpaired) electrons. The van der Waals surface area contributed by atoms with Gasteiger partial charge in [-0.3, -0.25) is 20.2 Å². The molecule has 0 unspecified atom stereocenters. The van der Waals surface area contributed by atoms with Crippen molar-refractivity contribution in [2.75, 3.05) is 11.9 Å². The van der Waals surface area contributed by atoms with Gasteiger partial charge in [-0.2, -0.15) is 0 Å². The Hall–Kier alpha value is -2.39. The van der Waals surface area contributed by atoms with Crippen LogP contribution in [0.4, 0.5) is 17.1 Å². The van der Waals surface area contributed by atoms with Crippen LogP contribution in [0.15, 0.2) is 48.8 Å². The van der Waals surface area contributed by atoms with Gasteiger partial charge in [-0.25, -0.2) is 9.97 Å². The monoisotopic (exact) mass is 677 g/mol. The number of benzene rings is 2. The summed E-state index contributed by atoms with van der Waals surface area (Å²) < 4.78 is 1.99. The predicted octanol–water partition coefficient (Wildman–Crippen LogP) is 6.58. The third-order valence-corrected chi connectivity index (χ3v) is 6.04. The van der Waals surface area contributed by atoms with Crippen molar-refractivity contribution in [3.8, 4) is 0 Å². The number of anilines is 1. The van der Waals surface area contributed by atoms with Gasteiger partial charge < -0.3 is 5.32 Å². The van der Waals surface area contributed by atoms with Crippen LogP contribution in [-0.2, 0) is 0 Å². The molecule has 0 bridgehead atoms. The van der Waals surface area contributed by atoms with E-state index in [0.29, 0.717) is 23.1 Å². The molecule has 9 nitrogen and oxygen atoms in total. The fourth-order valence-corrected chi connectivity index (χ4v) is 4.16. The Morgan fingerprint density at radius 1 is 0.906 bits per heavy atom. The molecule has 0 saturated heterocycles. The van der Waals surface area contributed by atoms with E-state index in [4.69, 9.17) is 11.6 Å². The van der Waals surface area contributed by atoms with Crippen molar-refractivity contribution in [2.45, 2.75) is 6.92 Å². The number of aromatic nitrogens is 2. The molecule has 2 aromatic carbocycles. The van der Waals surface area contributed by atoms with Gasteiger partial charge in [0.05, 0.1) is 20.9 Å². The highest BCUT2D eigenvalue weighted by atomic mass is 127. The van der Waals surface area contributed by atoms with Crippen LogP contribution >= 0.6 is 56.8 Å². The molecule has 2 heterocycles. The summed E-state index contributed by atoms with van der Waals surface area (Å²) in [5.41, 5.74) is 1.81. The third kappa shape index (κ3) is 5.32. The maximum Gasteiger partial charge on any atom is 0.311 e. The van der Waals surface area contributed by atoms with Crippen molar-refractivity contribution < 1.29 is 9.85 Å². The molecule has 0 spiro atoms. The summed E-state index contributed by atoms with van der Waals surface area (Å²) in [5, 5.41) is 26.2. The number of nitrogens with one attached hydrogen (secondary N) is 1. The highest BCUT2D eigenvalue weighted by molar-refractivity contribution is 14.1. The molecule has 32 heavy (non-hydrogen) atoms. The number of rotatable bonds is 4. The van der Waals surface area contributed by atoms with Crippen LogP contribution in [0.2, 0.25) is 5.02 Å². The summed E-state index contributed by atoms with van der Waals surface area (Å²) in [6.45, 7) is 2.54. The van der Waals surface area contributed by atoms with Crippen molar-refractivity contribution in [3.05, 3.63) is 81.2 Å². The number of nitrogens with zero attached hydrogens (tertiary/aromatic N) is 4. The van der Waals surface area contributed by atoms with Crippen LogP contribution in [-0.4, -0.2) is 26.4 Å². The molecule has 164 valence electrons. The van der Waals surface area contributed by atoms with Gasteiger partial charge in [0.15, 0.2) is 0 Å². The van der Waals surface area contributed by atoms with Crippen molar-refractivity contribution in [1.29, 1.82) is 0 Å². The topological polar surface area (TPSA) is 124 Å². The Morgan fingerprint density at radius 2 is 1.41 bits per heavy atom. The van der Waals surface area contributed by atoms with Gasteiger partial charge in [-0.1, -0.05) is 11.6 Å². The highest BCUT2D eigenvalue weighted by Gasteiger charge is 2.17. The van der Waals surface area contributed by atoms with E-state index in [-0.39, 0.29) is 16.4 Å². The quantitative estimate of drug-likeness (QED) is 0.147. The van der Waals surface area contributed by atoms with E-state index in [1.54, 1.807) is 12.1 Å². The summed E-state index contributed by atoms with van der Waals surface area (Å²) in [5.74, 6) is 0. The number of pyridine rings is 2. The molecule has 0 fully saturated rings. The number of halogens is 3. The first-order chi connectivity index (χ1) is 15.2. The summed E-state index contributed by atoms with van der Waals surface area (Å²) in [4.78, 5) is 28.7. The second-order valence-corrected chi connectivity index (χ2v) is 9.21. The van der Waals surface area contributed by atoms with Crippen LogP contribution in [0.1, 0.15) is 6.92 Å². The lowest BCUT2D eigenvalue weighted by molar-refractivity contribution is -0.384.